The molecule has 140 valence electrons. The molecule has 2 aromatic rings. The molecule has 9 heteroatoms. The second-order valence-corrected chi connectivity index (χ2v) is 6.80. The molecule has 0 spiro atoms. The molecule has 3 rings (SSSR count). The topological polar surface area (TPSA) is 106 Å². The van der Waals surface area contributed by atoms with Gasteiger partial charge in [0.25, 0.3) is 17.1 Å². The summed E-state index contributed by atoms with van der Waals surface area (Å²) in [6.07, 6.45) is 0. The van der Waals surface area contributed by atoms with E-state index in [2.05, 4.69) is 19.4 Å². The zero-order valence-electron chi connectivity index (χ0n) is 14.8. The Labute approximate surface area is 159 Å². The Balaban J connectivity index is 1.77. The van der Waals surface area contributed by atoms with Crippen molar-refractivity contribution in [1.29, 1.82) is 0 Å². The first kappa shape index (κ1) is 18.6. The van der Waals surface area contributed by atoms with Crippen molar-refractivity contribution in [3.8, 4) is 5.75 Å². The maximum atomic E-state index is 12.2. The van der Waals surface area contributed by atoms with Gasteiger partial charge in [0, 0.05) is 20.6 Å². The smallest absolute Gasteiger partial charge is 0.269 e. The Morgan fingerprint density at radius 2 is 1.78 bits per heavy atom. The summed E-state index contributed by atoms with van der Waals surface area (Å²) in [5.41, 5.74) is 1.45. The van der Waals surface area contributed by atoms with Crippen molar-refractivity contribution < 1.29 is 14.1 Å². The first-order valence-electron chi connectivity index (χ1n) is 8.14. The van der Waals surface area contributed by atoms with Gasteiger partial charge in [0.1, 0.15) is 0 Å². The van der Waals surface area contributed by atoms with E-state index in [1.54, 1.807) is 26.2 Å². The van der Waals surface area contributed by atoms with E-state index in [0.29, 0.717) is 12.4 Å². The number of amides is 1. The van der Waals surface area contributed by atoms with Crippen molar-refractivity contribution in [2.75, 3.05) is 19.4 Å². The Hall–Kier alpha value is -3.20. The number of carbonyl (C=O) groups is 1. The molecule has 1 amide bonds. The molecule has 8 nitrogen and oxygen atoms in total. The van der Waals surface area contributed by atoms with Crippen molar-refractivity contribution >= 4 is 34.4 Å². The van der Waals surface area contributed by atoms with Gasteiger partial charge in [-0.1, -0.05) is 36.4 Å². The third-order valence-corrected chi connectivity index (χ3v) is 4.47. The van der Waals surface area contributed by atoms with E-state index in [-0.39, 0.29) is 28.7 Å². The molecule has 1 heterocycles. The highest BCUT2D eigenvalue weighted by Gasteiger charge is 2.22. The summed E-state index contributed by atoms with van der Waals surface area (Å²) in [6.45, 7) is 0.475. The third-order valence-electron chi connectivity index (χ3n) is 3.79. The molecule has 0 bridgehead atoms. The van der Waals surface area contributed by atoms with E-state index >= 15 is 0 Å². The summed E-state index contributed by atoms with van der Waals surface area (Å²) in [4.78, 5) is 13.5. The average Bonchev–Trinajstić information content (AvgIpc) is 3.01. The maximum Gasteiger partial charge on any atom is 0.269 e. The van der Waals surface area contributed by atoms with Crippen molar-refractivity contribution in [1.82, 2.24) is 10.2 Å². The molecule has 0 radical (unpaired) electrons. The fourth-order valence-corrected chi connectivity index (χ4v) is 3.06. The molecule has 3 N–H and O–H groups in total. The first-order chi connectivity index (χ1) is 13.0. The second-order valence-electron chi connectivity index (χ2n) is 5.98. The molecule has 2 aromatic carbocycles. The van der Waals surface area contributed by atoms with Gasteiger partial charge in [0.15, 0.2) is 17.4 Å². The van der Waals surface area contributed by atoms with Crippen LogP contribution in [-0.2, 0) is 17.7 Å². The van der Waals surface area contributed by atoms with Crippen LogP contribution in [0.5, 0.6) is 5.75 Å². The minimum Gasteiger partial charge on any atom is -0.505 e. The predicted octanol–water partition coefficient (Wildman–Crippen LogP) is 1.68. The number of nitrogens with one attached hydrogen (secondary N) is 2. The number of hydrogen-bond donors (Lipinski definition) is 3. The Morgan fingerprint density at radius 3 is 2.48 bits per heavy atom. The fraction of sp³-hybridized carbons (Fsp3) is 0.167. The summed E-state index contributed by atoms with van der Waals surface area (Å²) in [7, 11) is 3.20. The van der Waals surface area contributed by atoms with Gasteiger partial charge in [0.2, 0.25) is 0 Å². The van der Waals surface area contributed by atoms with Crippen LogP contribution in [0.25, 0.3) is 0 Å². The zero-order valence-corrected chi connectivity index (χ0v) is 15.7. The highest BCUT2D eigenvalue weighted by Crippen LogP contribution is 2.28. The quantitative estimate of drug-likeness (QED) is 0.695. The van der Waals surface area contributed by atoms with Gasteiger partial charge in [-0.25, -0.2) is 4.21 Å². The lowest BCUT2D eigenvalue weighted by Gasteiger charge is -2.15. The number of phenols is 1. The van der Waals surface area contributed by atoms with Crippen molar-refractivity contribution in [3.05, 3.63) is 59.7 Å². The number of benzene rings is 2. The number of anilines is 1. The van der Waals surface area contributed by atoms with Gasteiger partial charge in [-0.3, -0.25) is 4.79 Å². The summed E-state index contributed by atoms with van der Waals surface area (Å²) < 4.78 is 19.6. The molecule has 27 heavy (non-hydrogen) atoms. The summed E-state index contributed by atoms with van der Waals surface area (Å²) in [5.74, 6) is 0.0121. The van der Waals surface area contributed by atoms with Crippen LogP contribution in [0.1, 0.15) is 15.9 Å². The van der Waals surface area contributed by atoms with E-state index < -0.39 is 11.2 Å². The van der Waals surface area contributed by atoms with Crippen molar-refractivity contribution in [2.45, 2.75) is 6.54 Å². The van der Waals surface area contributed by atoms with Gasteiger partial charge in [0.05, 0.1) is 11.3 Å². The van der Waals surface area contributed by atoms with E-state index in [0.717, 1.165) is 5.56 Å². The molecule has 1 aliphatic rings. The Bertz CT molecular complexity index is 941. The minimum atomic E-state index is -1.75. The van der Waals surface area contributed by atoms with Crippen LogP contribution in [0.3, 0.4) is 0 Å². The third kappa shape index (κ3) is 4.32. The van der Waals surface area contributed by atoms with E-state index in [9.17, 15) is 14.1 Å². The molecule has 1 unspecified atom stereocenters. The van der Waals surface area contributed by atoms with Gasteiger partial charge in [-0.05, 0) is 17.7 Å². The van der Waals surface area contributed by atoms with Crippen LogP contribution in [0.2, 0.25) is 0 Å². The monoisotopic (exact) mass is 385 g/mol. The molecule has 0 saturated carbocycles. The number of carbonyl (C=O) groups excluding carboxylic acids is 1. The van der Waals surface area contributed by atoms with E-state index in [1.807, 2.05) is 30.3 Å². The lowest BCUT2D eigenvalue weighted by atomic mass is 10.1. The zero-order chi connectivity index (χ0) is 19.4. The van der Waals surface area contributed by atoms with Crippen LogP contribution in [0, 0.1) is 0 Å². The molecule has 1 atom stereocenters. The molecule has 1 aliphatic heterocycles. The van der Waals surface area contributed by atoms with Crippen LogP contribution in [-0.4, -0.2) is 45.9 Å². The van der Waals surface area contributed by atoms with Crippen LogP contribution >= 0.6 is 0 Å². The average molecular weight is 385 g/mol. The highest BCUT2D eigenvalue weighted by molar-refractivity contribution is 7.83. The van der Waals surface area contributed by atoms with Crippen molar-refractivity contribution in [3.63, 3.8) is 0 Å². The van der Waals surface area contributed by atoms with Gasteiger partial charge >= 0.3 is 0 Å². The number of amidine groups is 2. The predicted molar refractivity (Wildman–Crippen MR) is 106 cm³/mol. The molecular weight excluding hydrogens is 366 g/mol. The molecule has 0 aliphatic carbocycles. The van der Waals surface area contributed by atoms with Crippen LogP contribution in [0.4, 0.5) is 5.69 Å². The standard InChI is InChI=1S/C18H19N5O3S/c1-23(2)18(25)13-9-6-10-14(15(13)24)20-17-16(21-27(26)22-17)19-11-12-7-4-3-5-8-12/h3-10,24H,11H2,1-2H3,(H,19,21)(H,20,22). The fourth-order valence-electron chi connectivity index (χ4n) is 2.43. The number of nitrogens with zero attached hydrogens (tertiary/aromatic N) is 3. The summed E-state index contributed by atoms with van der Waals surface area (Å²) in [6, 6.07) is 14.4. The maximum absolute atomic E-state index is 12.2. The van der Waals surface area contributed by atoms with Gasteiger partial charge in [-0.2, -0.15) is 0 Å². The second kappa shape index (κ2) is 8.00. The normalized spacial score (nSPS) is 15.7. The Kier molecular flexibility index (Phi) is 5.51. The minimum absolute atomic E-state index is 0.153. The molecular formula is C18H19N5O3S. The lowest BCUT2D eigenvalue weighted by molar-refractivity contribution is 0.0824. The van der Waals surface area contributed by atoms with E-state index in [1.165, 1.54) is 11.0 Å². The van der Waals surface area contributed by atoms with E-state index in [4.69, 9.17) is 0 Å². The number of hydrogen-bond acceptors (Lipinski definition) is 5. The number of para-hydroxylation sites is 1. The Morgan fingerprint density at radius 1 is 1.07 bits per heavy atom. The van der Waals surface area contributed by atoms with Crippen LogP contribution in [0.15, 0.2) is 57.3 Å². The highest BCUT2D eigenvalue weighted by atomic mass is 32.2. The van der Waals surface area contributed by atoms with Crippen LogP contribution < -0.4 is 10.6 Å². The van der Waals surface area contributed by atoms with Crippen molar-refractivity contribution in [2.24, 2.45) is 8.80 Å². The number of phenolic OH excluding ortho intramolecular Hbond substituents is 1. The molecule has 0 saturated heterocycles. The first-order valence-corrected chi connectivity index (χ1v) is 9.20. The molecule has 0 aromatic heterocycles. The summed E-state index contributed by atoms with van der Waals surface area (Å²) >= 11 is -1.75. The lowest BCUT2D eigenvalue weighted by Crippen LogP contribution is -2.33. The number of rotatable bonds is 4. The summed E-state index contributed by atoms with van der Waals surface area (Å²) in [5, 5.41) is 16.4. The SMILES string of the molecule is CN(C)C(=O)c1cccc(NC2=NS(=O)N=C2NCc2ccccc2)c1O. The van der Waals surface area contributed by atoms with Gasteiger partial charge < -0.3 is 20.6 Å². The number of aromatic hydroxyl groups is 1. The van der Waals surface area contributed by atoms with Gasteiger partial charge in [-0.15, -0.1) is 8.80 Å². The largest absolute Gasteiger partial charge is 0.505 e. The molecule has 0 fully saturated rings.